The number of unbranched alkanes of at least 4 members (excludes halogenated alkanes) is 2. The molecule has 0 saturated heterocycles. The molecule has 0 radical (unpaired) electrons. The van der Waals surface area contributed by atoms with Crippen LogP contribution in [0.4, 0.5) is 0 Å². The van der Waals surface area contributed by atoms with Crippen molar-refractivity contribution in [2.75, 3.05) is 0 Å². The molecule has 1 N–H and O–H groups in total. The van der Waals surface area contributed by atoms with Gasteiger partial charge in [0.25, 0.3) is 0 Å². The number of rotatable bonds is 7. The number of carbonyl (C=O) groups excluding carboxylic acids is 1. The Hall–Kier alpha value is -0.830. The molecule has 0 aromatic carbocycles. The quantitative estimate of drug-likeness (QED) is 0.535. The van der Waals surface area contributed by atoms with Gasteiger partial charge in [0.2, 0.25) is 0 Å². The minimum absolute atomic E-state index is 0.00156. The van der Waals surface area contributed by atoms with Gasteiger partial charge in [-0.1, -0.05) is 19.8 Å². The highest BCUT2D eigenvalue weighted by Gasteiger charge is 2.15. The number of aliphatic hydroxyl groups is 1. The van der Waals surface area contributed by atoms with Crippen LogP contribution in [-0.4, -0.2) is 23.3 Å². The number of cyclic esters (lactones) is 1. The monoisotopic (exact) mass is 226 g/mol. The molecule has 0 fully saturated rings. The summed E-state index contributed by atoms with van der Waals surface area (Å²) < 4.78 is 5.04. The van der Waals surface area contributed by atoms with E-state index in [1.54, 1.807) is 0 Å². The molecule has 0 spiro atoms. The molecule has 1 rings (SSSR count). The van der Waals surface area contributed by atoms with Crippen LogP contribution in [0.15, 0.2) is 12.2 Å². The van der Waals surface area contributed by atoms with Crippen LogP contribution in [0, 0.1) is 5.92 Å². The van der Waals surface area contributed by atoms with Crippen LogP contribution in [-0.2, 0) is 9.53 Å². The highest BCUT2D eigenvalue weighted by Crippen LogP contribution is 2.17. The zero-order chi connectivity index (χ0) is 12.0. The molecule has 0 saturated carbocycles. The third-order valence-corrected chi connectivity index (χ3v) is 3.19. The van der Waals surface area contributed by atoms with Crippen molar-refractivity contribution in [1.29, 1.82) is 0 Å². The second-order valence-corrected chi connectivity index (χ2v) is 4.69. The summed E-state index contributed by atoms with van der Waals surface area (Å²) in [6, 6.07) is 0. The van der Waals surface area contributed by atoms with E-state index in [1.807, 2.05) is 13.0 Å². The van der Waals surface area contributed by atoms with E-state index in [0.717, 1.165) is 32.1 Å². The summed E-state index contributed by atoms with van der Waals surface area (Å²) >= 11 is 0. The molecule has 0 bridgehead atoms. The molecular weight excluding hydrogens is 204 g/mol. The summed E-state index contributed by atoms with van der Waals surface area (Å²) in [5.41, 5.74) is 0. The zero-order valence-electron chi connectivity index (χ0n) is 10.2. The van der Waals surface area contributed by atoms with E-state index in [4.69, 9.17) is 4.74 Å². The second-order valence-electron chi connectivity index (χ2n) is 4.69. The average Bonchev–Trinajstić information content (AvgIpc) is 2.63. The molecule has 0 aromatic rings. The largest absolute Gasteiger partial charge is 0.455 e. The van der Waals surface area contributed by atoms with Gasteiger partial charge in [-0.15, -0.1) is 0 Å². The maximum Gasteiger partial charge on any atom is 0.331 e. The van der Waals surface area contributed by atoms with Crippen LogP contribution in [0.2, 0.25) is 0 Å². The Morgan fingerprint density at radius 3 is 2.69 bits per heavy atom. The number of hydrogen-bond donors (Lipinski definition) is 1. The standard InChI is InChI=1S/C13H22O3/c1-10(11(2)14)6-4-3-5-7-12-8-9-13(15)16-12/h8-12,14H,3-7H2,1-2H3/t10-,11-,12-/m1/s1. The van der Waals surface area contributed by atoms with Crippen molar-refractivity contribution < 1.29 is 14.6 Å². The van der Waals surface area contributed by atoms with E-state index in [1.165, 1.54) is 6.08 Å². The number of hydrogen-bond acceptors (Lipinski definition) is 3. The number of carbonyl (C=O) groups is 1. The molecule has 92 valence electrons. The molecule has 16 heavy (non-hydrogen) atoms. The molecule has 1 aliphatic heterocycles. The molecule has 3 heteroatoms. The summed E-state index contributed by atoms with van der Waals surface area (Å²) in [5.74, 6) is 0.164. The molecule has 3 nitrogen and oxygen atoms in total. The van der Waals surface area contributed by atoms with E-state index in [0.29, 0.717) is 5.92 Å². The van der Waals surface area contributed by atoms with Gasteiger partial charge in [0.15, 0.2) is 0 Å². The minimum atomic E-state index is -0.215. The molecule has 0 aliphatic carbocycles. The van der Waals surface area contributed by atoms with Crippen molar-refractivity contribution in [2.45, 2.75) is 58.2 Å². The average molecular weight is 226 g/mol. The molecule has 1 aliphatic rings. The van der Waals surface area contributed by atoms with Gasteiger partial charge in [-0.3, -0.25) is 0 Å². The van der Waals surface area contributed by atoms with E-state index < -0.39 is 0 Å². The second kappa shape index (κ2) is 6.69. The topological polar surface area (TPSA) is 46.5 Å². The third kappa shape index (κ3) is 4.79. The van der Waals surface area contributed by atoms with Crippen LogP contribution in [0.5, 0.6) is 0 Å². The summed E-state index contributed by atoms with van der Waals surface area (Å²) in [6.45, 7) is 3.92. The Bertz CT molecular complexity index is 246. The zero-order valence-corrected chi connectivity index (χ0v) is 10.2. The van der Waals surface area contributed by atoms with Gasteiger partial charge in [0, 0.05) is 6.08 Å². The first-order chi connectivity index (χ1) is 7.59. The van der Waals surface area contributed by atoms with Crippen molar-refractivity contribution >= 4 is 5.97 Å². The van der Waals surface area contributed by atoms with Crippen molar-refractivity contribution in [3.63, 3.8) is 0 Å². The van der Waals surface area contributed by atoms with Crippen molar-refractivity contribution in [3.05, 3.63) is 12.2 Å². The molecule has 0 amide bonds. The lowest BCUT2D eigenvalue weighted by molar-refractivity contribution is -0.138. The fourth-order valence-electron chi connectivity index (χ4n) is 1.80. The summed E-state index contributed by atoms with van der Waals surface area (Å²) in [5, 5.41) is 9.31. The first-order valence-electron chi connectivity index (χ1n) is 6.16. The fraction of sp³-hybridized carbons (Fsp3) is 0.769. The maximum absolute atomic E-state index is 10.8. The van der Waals surface area contributed by atoms with Crippen LogP contribution in [0.25, 0.3) is 0 Å². The minimum Gasteiger partial charge on any atom is -0.455 e. The Labute approximate surface area is 97.5 Å². The van der Waals surface area contributed by atoms with E-state index in [2.05, 4.69) is 6.92 Å². The fourth-order valence-corrected chi connectivity index (χ4v) is 1.80. The van der Waals surface area contributed by atoms with Gasteiger partial charge >= 0.3 is 5.97 Å². The predicted molar refractivity (Wildman–Crippen MR) is 62.9 cm³/mol. The van der Waals surface area contributed by atoms with Gasteiger partial charge in [-0.05, 0) is 38.2 Å². The molecular formula is C13H22O3. The lowest BCUT2D eigenvalue weighted by Gasteiger charge is -2.14. The highest BCUT2D eigenvalue weighted by molar-refractivity contribution is 5.84. The van der Waals surface area contributed by atoms with Crippen LogP contribution in [0.3, 0.4) is 0 Å². The van der Waals surface area contributed by atoms with E-state index >= 15 is 0 Å². The van der Waals surface area contributed by atoms with Crippen molar-refractivity contribution in [3.8, 4) is 0 Å². The summed E-state index contributed by atoms with van der Waals surface area (Å²) in [6.07, 6.45) is 8.47. The van der Waals surface area contributed by atoms with Gasteiger partial charge in [-0.2, -0.15) is 0 Å². The Morgan fingerprint density at radius 1 is 1.38 bits per heavy atom. The van der Waals surface area contributed by atoms with Crippen molar-refractivity contribution in [2.24, 2.45) is 5.92 Å². The Morgan fingerprint density at radius 2 is 2.12 bits per heavy atom. The van der Waals surface area contributed by atoms with E-state index in [9.17, 15) is 9.90 Å². The lowest BCUT2D eigenvalue weighted by atomic mass is 9.98. The third-order valence-electron chi connectivity index (χ3n) is 3.19. The summed E-state index contributed by atoms with van der Waals surface area (Å²) in [4.78, 5) is 10.8. The van der Waals surface area contributed by atoms with Gasteiger partial charge in [0.1, 0.15) is 6.10 Å². The number of esters is 1. The van der Waals surface area contributed by atoms with Crippen LogP contribution in [0.1, 0.15) is 46.0 Å². The number of aliphatic hydroxyl groups excluding tert-OH is 1. The van der Waals surface area contributed by atoms with Crippen LogP contribution < -0.4 is 0 Å². The maximum atomic E-state index is 10.8. The highest BCUT2D eigenvalue weighted by atomic mass is 16.5. The van der Waals surface area contributed by atoms with Crippen LogP contribution >= 0.6 is 0 Å². The normalized spacial score (nSPS) is 23.2. The first-order valence-corrected chi connectivity index (χ1v) is 6.16. The van der Waals surface area contributed by atoms with Gasteiger partial charge in [-0.25, -0.2) is 4.79 Å². The van der Waals surface area contributed by atoms with Gasteiger partial charge in [0.05, 0.1) is 6.10 Å². The first kappa shape index (κ1) is 13.2. The Kier molecular flexibility index (Phi) is 5.53. The predicted octanol–water partition coefficient (Wildman–Crippen LogP) is 2.44. The molecule has 1 heterocycles. The smallest absolute Gasteiger partial charge is 0.331 e. The lowest BCUT2D eigenvalue weighted by Crippen LogP contribution is -2.12. The SMILES string of the molecule is C[C@H](CCCCC[C@@H]1C=CC(=O)O1)[C@@H](C)O. The van der Waals surface area contributed by atoms with Crippen molar-refractivity contribution in [1.82, 2.24) is 0 Å². The number of ether oxygens (including phenoxy) is 1. The van der Waals surface area contributed by atoms with Gasteiger partial charge < -0.3 is 9.84 Å². The molecule has 0 unspecified atom stereocenters. The molecule has 3 atom stereocenters. The Balaban J connectivity index is 1.96. The summed E-state index contributed by atoms with van der Waals surface area (Å²) in [7, 11) is 0. The molecule has 0 aromatic heterocycles. The van der Waals surface area contributed by atoms with E-state index in [-0.39, 0.29) is 18.2 Å².